The van der Waals surface area contributed by atoms with Gasteiger partial charge in [-0.25, -0.2) is 0 Å². The molecule has 0 unspecified atom stereocenters. The number of hydrogen-bond donors (Lipinski definition) is 0. The van der Waals surface area contributed by atoms with E-state index in [4.69, 9.17) is 18.6 Å². The maximum absolute atomic E-state index is 13.1. The van der Waals surface area contributed by atoms with Crippen LogP contribution in [0.5, 0.6) is 11.5 Å². The number of methoxy groups -OCH3 is 1. The van der Waals surface area contributed by atoms with Crippen molar-refractivity contribution in [3.8, 4) is 22.8 Å². The normalized spacial score (nSPS) is 22.1. The fourth-order valence-electron chi connectivity index (χ4n) is 4.28. The third-order valence-corrected chi connectivity index (χ3v) is 5.65. The van der Waals surface area contributed by atoms with E-state index in [2.05, 4.69) is 0 Å². The molecule has 0 spiro atoms. The molecule has 0 amide bonds. The summed E-state index contributed by atoms with van der Waals surface area (Å²) in [5.41, 5.74) is 0.477. The predicted molar refractivity (Wildman–Crippen MR) is 107 cm³/mol. The number of ketones is 1. The molecule has 3 heterocycles. The van der Waals surface area contributed by atoms with E-state index in [9.17, 15) is 9.59 Å². The molecule has 3 aromatic rings. The second-order valence-corrected chi connectivity index (χ2v) is 7.86. The number of Topliss-reactive ketones (excluding diaryl/α,β-unsaturated/α-hetero) is 1. The van der Waals surface area contributed by atoms with Gasteiger partial charge < -0.3 is 18.6 Å². The lowest BCUT2D eigenvalue weighted by Gasteiger charge is -2.27. The maximum Gasteiger partial charge on any atom is 0.197 e. The van der Waals surface area contributed by atoms with Gasteiger partial charge in [0.1, 0.15) is 46.5 Å². The molecule has 2 aliphatic heterocycles. The van der Waals surface area contributed by atoms with Gasteiger partial charge in [-0.2, -0.15) is 0 Å². The van der Waals surface area contributed by atoms with Gasteiger partial charge in [0.05, 0.1) is 18.6 Å². The molecule has 2 atom stereocenters. The van der Waals surface area contributed by atoms with Crippen molar-refractivity contribution >= 4 is 16.8 Å². The van der Waals surface area contributed by atoms with E-state index in [1.54, 1.807) is 19.9 Å². The Kier molecular flexibility index (Phi) is 3.83. The van der Waals surface area contributed by atoms with Gasteiger partial charge in [0.15, 0.2) is 11.2 Å². The summed E-state index contributed by atoms with van der Waals surface area (Å²) in [5, 5.41) is 0.299. The molecule has 0 radical (unpaired) electrons. The van der Waals surface area contributed by atoms with Crippen LogP contribution in [-0.4, -0.2) is 31.2 Å². The van der Waals surface area contributed by atoms with Crippen molar-refractivity contribution < 1.29 is 23.4 Å². The van der Waals surface area contributed by atoms with Crippen molar-refractivity contribution in [3.63, 3.8) is 0 Å². The molecule has 1 saturated heterocycles. The zero-order valence-corrected chi connectivity index (χ0v) is 16.4. The summed E-state index contributed by atoms with van der Waals surface area (Å²) < 4.78 is 23.5. The molecule has 6 nitrogen and oxygen atoms in total. The minimum atomic E-state index is -0.927. The Hall–Kier alpha value is -3.12. The first kappa shape index (κ1) is 17.9. The summed E-state index contributed by atoms with van der Waals surface area (Å²) in [5.74, 6) is 0.656. The molecule has 0 N–H and O–H groups in total. The zero-order valence-electron chi connectivity index (χ0n) is 16.4. The average molecular weight is 392 g/mol. The summed E-state index contributed by atoms with van der Waals surface area (Å²) in [6, 6.07) is 12.5. The highest BCUT2D eigenvalue weighted by Gasteiger charge is 2.53. The Morgan fingerprint density at radius 1 is 1.10 bits per heavy atom. The quantitative estimate of drug-likeness (QED) is 0.662. The van der Waals surface area contributed by atoms with E-state index in [-0.39, 0.29) is 17.8 Å². The van der Waals surface area contributed by atoms with E-state index >= 15 is 0 Å². The SMILES string of the molecule is COc1cc2c(c3oc(-c4ccccc4)cc(=O)c13)[C@H]1C(=O)C(C)(C)O[C@H]1CO2. The van der Waals surface area contributed by atoms with Crippen LogP contribution >= 0.6 is 0 Å². The van der Waals surface area contributed by atoms with Gasteiger partial charge >= 0.3 is 0 Å². The third-order valence-electron chi connectivity index (χ3n) is 5.65. The second-order valence-electron chi connectivity index (χ2n) is 7.86. The molecule has 0 saturated carbocycles. The standard InChI is InChI=1S/C23H20O6/c1-23(2)22(25)20-17(29-23)11-27-16-10-15(26-3)18-13(24)9-14(28-21(18)19(16)20)12-7-5-4-6-8-12/h4-10,17,20H,11H2,1-3H3/t17-,20-/m0/s1. The van der Waals surface area contributed by atoms with Crippen LogP contribution < -0.4 is 14.9 Å². The van der Waals surface area contributed by atoms with Crippen LogP contribution in [0.2, 0.25) is 0 Å². The number of ether oxygens (including phenoxy) is 3. The van der Waals surface area contributed by atoms with Crippen LogP contribution in [0.15, 0.2) is 51.7 Å². The lowest BCUT2D eigenvalue weighted by Crippen LogP contribution is -2.31. The fourth-order valence-corrected chi connectivity index (χ4v) is 4.28. The summed E-state index contributed by atoms with van der Waals surface area (Å²) >= 11 is 0. The summed E-state index contributed by atoms with van der Waals surface area (Å²) in [6.45, 7) is 3.76. The van der Waals surface area contributed by atoms with Crippen LogP contribution in [0.4, 0.5) is 0 Å². The number of rotatable bonds is 2. The number of carbonyl (C=O) groups excluding carboxylic acids is 1. The van der Waals surface area contributed by atoms with Crippen molar-refractivity contribution in [1.82, 2.24) is 0 Å². The first-order valence-corrected chi connectivity index (χ1v) is 9.50. The number of carbonyl (C=O) groups is 1. The smallest absolute Gasteiger partial charge is 0.197 e. The molecule has 0 aliphatic carbocycles. The van der Waals surface area contributed by atoms with E-state index in [1.165, 1.54) is 13.2 Å². The Balaban J connectivity index is 1.85. The first-order chi connectivity index (χ1) is 13.9. The van der Waals surface area contributed by atoms with Crippen molar-refractivity contribution in [1.29, 1.82) is 0 Å². The van der Waals surface area contributed by atoms with Crippen LogP contribution in [0, 0.1) is 0 Å². The first-order valence-electron chi connectivity index (χ1n) is 9.50. The Bertz CT molecular complexity index is 1190. The molecule has 2 aromatic carbocycles. The van der Waals surface area contributed by atoms with Crippen LogP contribution in [0.1, 0.15) is 25.3 Å². The Morgan fingerprint density at radius 3 is 2.59 bits per heavy atom. The van der Waals surface area contributed by atoms with Gasteiger partial charge in [0, 0.05) is 17.7 Å². The van der Waals surface area contributed by atoms with Gasteiger partial charge in [-0.1, -0.05) is 30.3 Å². The Morgan fingerprint density at radius 2 is 1.86 bits per heavy atom. The summed E-state index contributed by atoms with van der Waals surface area (Å²) in [6.07, 6.45) is -0.424. The minimum Gasteiger partial charge on any atom is -0.496 e. The molecule has 6 heteroatoms. The van der Waals surface area contributed by atoms with Gasteiger partial charge in [-0.3, -0.25) is 9.59 Å². The zero-order chi connectivity index (χ0) is 20.3. The van der Waals surface area contributed by atoms with E-state index < -0.39 is 17.6 Å². The molecule has 148 valence electrons. The van der Waals surface area contributed by atoms with Crippen LogP contribution in [-0.2, 0) is 9.53 Å². The highest BCUT2D eigenvalue weighted by atomic mass is 16.6. The van der Waals surface area contributed by atoms with E-state index in [0.717, 1.165) is 5.56 Å². The Labute approximate surface area is 167 Å². The second kappa shape index (κ2) is 6.19. The van der Waals surface area contributed by atoms with Crippen molar-refractivity contribution in [2.24, 2.45) is 0 Å². The fraction of sp³-hybridized carbons (Fsp3) is 0.304. The average Bonchev–Trinajstić information content (AvgIpc) is 2.96. The summed E-state index contributed by atoms with van der Waals surface area (Å²) in [7, 11) is 1.49. The lowest BCUT2D eigenvalue weighted by molar-refractivity contribution is -0.130. The predicted octanol–water partition coefficient (Wildman–Crippen LogP) is 3.69. The number of hydrogen-bond acceptors (Lipinski definition) is 6. The highest BCUT2D eigenvalue weighted by Crippen LogP contribution is 2.49. The van der Waals surface area contributed by atoms with Crippen molar-refractivity contribution in [2.45, 2.75) is 31.5 Å². The summed E-state index contributed by atoms with van der Waals surface area (Å²) in [4.78, 5) is 26.2. The van der Waals surface area contributed by atoms with Crippen molar-refractivity contribution in [2.75, 3.05) is 13.7 Å². The molecule has 2 aliphatic rings. The highest BCUT2D eigenvalue weighted by molar-refractivity contribution is 6.01. The van der Waals surface area contributed by atoms with Gasteiger partial charge in [0.25, 0.3) is 0 Å². The molecular formula is C23H20O6. The minimum absolute atomic E-state index is 0.0497. The molecule has 0 bridgehead atoms. The molecular weight excluding hydrogens is 372 g/mol. The third kappa shape index (κ3) is 2.59. The molecule has 5 rings (SSSR count). The number of benzene rings is 2. The molecule has 29 heavy (non-hydrogen) atoms. The lowest BCUT2D eigenvalue weighted by atomic mass is 9.83. The van der Waals surface area contributed by atoms with Crippen LogP contribution in [0.25, 0.3) is 22.3 Å². The maximum atomic E-state index is 13.1. The van der Waals surface area contributed by atoms with E-state index in [1.807, 2.05) is 30.3 Å². The number of fused-ring (bicyclic) bond motifs is 5. The van der Waals surface area contributed by atoms with Gasteiger partial charge in [-0.15, -0.1) is 0 Å². The monoisotopic (exact) mass is 392 g/mol. The largest absolute Gasteiger partial charge is 0.496 e. The van der Waals surface area contributed by atoms with Gasteiger partial charge in [-0.05, 0) is 13.8 Å². The van der Waals surface area contributed by atoms with Crippen molar-refractivity contribution in [3.05, 3.63) is 58.3 Å². The molecule has 1 fully saturated rings. The van der Waals surface area contributed by atoms with Crippen LogP contribution in [0.3, 0.4) is 0 Å². The molecule has 1 aromatic heterocycles. The van der Waals surface area contributed by atoms with E-state index in [0.29, 0.717) is 33.8 Å². The van der Waals surface area contributed by atoms with Gasteiger partial charge in [0.2, 0.25) is 0 Å². The topological polar surface area (TPSA) is 75.0 Å².